The van der Waals surface area contributed by atoms with Crippen molar-refractivity contribution in [3.05, 3.63) is 59.4 Å². The van der Waals surface area contributed by atoms with Crippen LogP contribution in [0.3, 0.4) is 0 Å². The highest BCUT2D eigenvalue weighted by Crippen LogP contribution is 2.25. The zero-order valence-electron chi connectivity index (χ0n) is 8.83. The summed E-state index contributed by atoms with van der Waals surface area (Å²) in [6.07, 6.45) is 4.97. The molecule has 82 valence electrons. The van der Waals surface area contributed by atoms with Crippen molar-refractivity contribution >= 4 is 27.3 Å². The van der Waals surface area contributed by atoms with Crippen molar-refractivity contribution in [3.63, 3.8) is 0 Å². The summed E-state index contributed by atoms with van der Waals surface area (Å²) in [5, 5.41) is 1.00. The molecule has 17 heavy (non-hydrogen) atoms. The Labute approximate surface area is 102 Å². The first-order valence-corrected chi connectivity index (χ1v) is 5.95. The van der Waals surface area contributed by atoms with Crippen molar-refractivity contribution in [2.75, 3.05) is 0 Å². The van der Waals surface area contributed by atoms with Gasteiger partial charge in [0.2, 0.25) is 5.78 Å². The molecular weight excluding hydrogens is 232 g/mol. The number of ketones is 1. The van der Waals surface area contributed by atoms with Gasteiger partial charge in [-0.15, -0.1) is 11.3 Å². The summed E-state index contributed by atoms with van der Waals surface area (Å²) in [6, 6.07) is 9.24. The first-order valence-electron chi connectivity index (χ1n) is 5.14. The molecule has 3 aromatic rings. The summed E-state index contributed by atoms with van der Waals surface area (Å²) in [6.45, 7) is 0. The van der Waals surface area contributed by atoms with Crippen LogP contribution in [0.5, 0.6) is 0 Å². The number of thiophene rings is 1. The predicted octanol–water partition coefficient (Wildman–Crippen LogP) is 2.92. The number of aromatic nitrogens is 2. The van der Waals surface area contributed by atoms with E-state index in [2.05, 4.69) is 9.97 Å². The van der Waals surface area contributed by atoms with E-state index in [0.29, 0.717) is 10.4 Å². The van der Waals surface area contributed by atoms with E-state index in [1.54, 1.807) is 30.7 Å². The molecule has 0 amide bonds. The van der Waals surface area contributed by atoms with E-state index in [1.807, 2.05) is 18.2 Å². The second kappa shape index (κ2) is 4.07. The Balaban J connectivity index is 2.07. The number of nitrogens with zero attached hydrogens (tertiary/aromatic N) is 2. The molecule has 0 aromatic carbocycles. The molecule has 0 unspecified atom stereocenters. The minimum Gasteiger partial charge on any atom is -0.288 e. The van der Waals surface area contributed by atoms with Gasteiger partial charge in [-0.05, 0) is 24.3 Å². The second-order valence-corrected chi connectivity index (χ2v) is 4.61. The molecule has 0 aliphatic heterocycles. The van der Waals surface area contributed by atoms with Gasteiger partial charge in [-0.3, -0.25) is 9.78 Å². The molecule has 0 N–H and O–H groups in total. The lowest BCUT2D eigenvalue weighted by Gasteiger charge is -1.94. The van der Waals surface area contributed by atoms with Crippen molar-refractivity contribution in [1.82, 2.24) is 9.97 Å². The van der Waals surface area contributed by atoms with Crippen LogP contribution in [-0.4, -0.2) is 15.8 Å². The fourth-order valence-electron chi connectivity index (χ4n) is 1.62. The summed E-state index contributed by atoms with van der Waals surface area (Å²) in [5.74, 6) is 0.00102. The van der Waals surface area contributed by atoms with E-state index in [0.717, 1.165) is 10.2 Å². The quantitative estimate of drug-likeness (QED) is 0.647. The molecule has 3 heterocycles. The largest absolute Gasteiger partial charge is 0.288 e. The molecule has 0 saturated heterocycles. The average Bonchev–Trinajstić information content (AvgIpc) is 2.82. The summed E-state index contributed by atoms with van der Waals surface area (Å²) in [7, 11) is 0. The van der Waals surface area contributed by atoms with Gasteiger partial charge in [-0.1, -0.05) is 6.07 Å². The Morgan fingerprint density at radius 3 is 2.82 bits per heavy atom. The molecule has 0 fully saturated rings. The third-order valence-electron chi connectivity index (χ3n) is 2.44. The third-order valence-corrected chi connectivity index (χ3v) is 3.50. The molecule has 3 aromatic heterocycles. The monoisotopic (exact) mass is 240 g/mol. The molecular formula is C13H8N2OS. The average molecular weight is 240 g/mol. The maximum Gasteiger partial charge on any atom is 0.204 e. The Kier molecular flexibility index (Phi) is 2.42. The van der Waals surface area contributed by atoms with Crippen LogP contribution >= 0.6 is 11.3 Å². The maximum absolute atomic E-state index is 12.2. The molecule has 0 radical (unpaired) electrons. The van der Waals surface area contributed by atoms with Crippen LogP contribution in [0.1, 0.15) is 15.2 Å². The Bertz CT molecular complexity index is 643. The lowest BCUT2D eigenvalue weighted by Crippen LogP contribution is -1.98. The van der Waals surface area contributed by atoms with Crippen molar-refractivity contribution in [1.29, 1.82) is 0 Å². The first-order chi connectivity index (χ1) is 8.34. The van der Waals surface area contributed by atoms with Crippen LogP contribution in [-0.2, 0) is 0 Å². The lowest BCUT2D eigenvalue weighted by molar-refractivity contribution is 0.104. The van der Waals surface area contributed by atoms with Gasteiger partial charge in [0.15, 0.2) is 0 Å². The van der Waals surface area contributed by atoms with E-state index in [4.69, 9.17) is 0 Å². The van der Waals surface area contributed by atoms with E-state index in [-0.39, 0.29) is 5.78 Å². The van der Waals surface area contributed by atoms with Gasteiger partial charge in [-0.2, -0.15) is 0 Å². The van der Waals surface area contributed by atoms with E-state index >= 15 is 0 Å². The molecule has 4 heteroatoms. The van der Waals surface area contributed by atoms with Crippen molar-refractivity contribution in [2.45, 2.75) is 0 Å². The number of hydrogen-bond acceptors (Lipinski definition) is 4. The van der Waals surface area contributed by atoms with Gasteiger partial charge >= 0.3 is 0 Å². The van der Waals surface area contributed by atoms with Crippen molar-refractivity contribution < 1.29 is 4.79 Å². The summed E-state index contributed by atoms with van der Waals surface area (Å²) in [5.41, 5.74) is 0.610. The molecule has 0 spiro atoms. The molecule has 0 saturated carbocycles. The van der Waals surface area contributed by atoms with E-state index in [9.17, 15) is 4.79 Å². The Hall–Kier alpha value is -2.07. The Morgan fingerprint density at radius 1 is 1.18 bits per heavy atom. The molecule has 0 aliphatic rings. The van der Waals surface area contributed by atoms with Gasteiger partial charge in [-0.25, -0.2) is 4.98 Å². The normalized spacial score (nSPS) is 10.6. The van der Waals surface area contributed by atoms with Gasteiger partial charge in [0.05, 0.1) is 4.88 Å². The highest BCUT2D eigenvalue weighted by molar-refractivity contribution is 7.20. The minimum atomic E-state index is 0.00102. The summed E-state index contributed by atoms with van der Waals surface area (Å²) in [4.78, 5) is 21.9. The van der Waals surface area contributed by atoms with E-state index < -0.39 is 0 Å². The maximum atomic E-state index is 12.2. The SMILES string of the molecule is O=C(c1cccnc1)c1cc2cccnc2s1. The highest BCUT2D eigenvalue weighted by atomic mass is 32.1. The number of fused-ring (bicyclic) bond motifs is 1. The Morgan fingerprint density at radius 2 is 2.06 bits per heavy atom. The second-order valence-electron chi connectivity index (χ2n) is 3.58. The predicted molar refractivity (Wildman–Crippen MR) is 67.3 cm³/mol. The third kappa shape index (κ3) is 1.83. The summed E-state index contributed by atoms with van der Waals surface area (Å²) < 4.78 is 0. The minimum absolute atomic E-state index is 0.00102. The van der Waals surface area contributed by atoms with Crippen LogP contribution in [0.15, 0.2) is 48.9 Å². The number of hydrogen-bond donors (Lipinski definition) is 0. The number of rotatable bonds is 2. The van der Waals surface area contributed by atoms with Crippen LogP contribution in [0, 0.1) is 0 Å². The standard InChI is InChI=1S/C13H8N2OS/c16-12(10-4-1-5-14-8-10)11-7-9-3-2-6-15-13(9)17-11/h1-8H. The fraction of sp³-hybridized carbons (Fsp3) is 0. The highest BCUT2D eigenvalue weighted by Gasteiger charge is 2.12. The number of carbonyl (C=O) groups excluding carboxylic acids is 1. The number of carbonyl (C=O) groups is 1. The molecule has 0 aliphatic carbocycles. The molecule has 3 rings (SSSR count). The summed E-state index contributed by atoms with van der Waals surface area (Å²) >= 11 is 1.41. The van der Waals surface area contributed by atoms with Crippen molar-refractivity contribution in [3.8, 4) is 0 Å². The molecule has 0 bridgehead atoms. The first kappa shape index (κ1) is 10.1. The van der Waals surface area contributed by atoms with Gasteiger partial charge in [0.1, 0.15) is 4.83 Å². The van der Waals surface area contributed by atoms with Gasteiger partial charge in [0.25, 0.3) is 0 Å². The zero-order chi connectivity index (χ0) is 11.7. The molecule has 3 nitrogen and oxygen atoms in total. The zero-order valence-corrected chi connectivity index (χ0v) is 9.65. The van der Waals surface area contributed by atoms with E-state index in [1.165, 1.54) is 11.3 Å². The van der Waals surface area contributed by atoms with Crippen LogP contribution in [0.2, 0.25) is 0 Å². The fourth-order valence-corrected chi connectivity index (χ4v) is 2.59. The van der Waals surface area contributed by atoms with Crippen LogP contribution in [0.4, 0.5) is 0 Å². The lowest BCUT2D eigenvalue weighted by atomic mass is 10.1. The van der Waals surface area contributed by atoms with Gasteiger partial charge < -0.3 is 0 Å². The van der Waals surface area contributed by atoms with Crippen LogP contribution in [0.25, 0.3) is 10.2 Å². The smallest absolute Gasteiger partial charge is 0.204 e. The number of pyridine rings is 2. The topological polar surface area (TPSA) is 42.9 Å². The van der Waals surface area contributed by atoms with Gasteiger partial charge in [0, 0.05) is 29.5 Å². The van der Waals surface area contributed by atoms with Crippen LogP contribution < -0.4 is 0 Å². The van der Waals surface area contributed by atoms with Crippen molar-refractivity contribution in [2.24, 2.45) is 0 Å². The molecule has 0 atom stereocenters.